The lowest BCUT2D eigenvalue weighted by Crippen LogP contribution is -2.47. The molecule has 1 aliphatic heterocycles. The van der Waals surface area contributed by atoms with Gasteiger partial charge in [-0.2, -0.15) is 0 Å². The molecule has 6 nitrogen and oxygen atoms in total. The van der Waals surface area contributed by atoms with Gasteiger partial charge in [0.15, 0.2) is 0 Å². The van der Waals surface area contributed by atoms with Gasteiger partial charge in [0.1, 0.15) is 28.8 Å². The number of methoxy groups -OCH3 is 1. The summed E-state index contributed by atoms with van der Waals surface area (Å²) in [6.45, 7) is 8.79. The standard InChI is InChI=1S/C23H30O6/c1-15(14-22(4)21(25)23(5,26)17(3)29-22)11-9-7-8-10-12-18-16(2)19(27-6)13-20(24)28-18/h7-14,17,21,25-26H,1-6H3/b8-7+,11-9+,12-10+,15-14+/t17-,21-,22+,23-/m1/s1. The third-order valence-electron chi connectivity index (χ3n) is 5.22. The largest absolute Gasteiger partial charge is 0.496 e. The van der Waals surface area contributed by atoms with Crippen LogP contribution in [0.1, 0.15) is 39.0 Å². The van der Waals surface area contributed by atoms with Crippen LogP contribution in [-0.2, 0) is 4.74 Å². The molecule has 1 saturated heterocycles. The van der Waals surface area contributed by atoms with E-state index < -0.39 is 29.0 Å². The lowest BCUT2D eigenvalue weighted by molar-refractivity contribution is -0.0579. The van der Waals surface area contributed by atoms with Crippen molar-refractivity contribution >= 4 is 6.08 Å². The zero-order chi connectivity index (χ0) is 21.8. The van der Waals surface area contributed by atoms with Crippen LogP contribution < -0.4 is 10.4 Å². The van der Waals surface area contributed by atoms with E-state index in [0.29, 0.717) is 11.5 Å². The van der Waals surface area contributed by atoms with E-state index in [0.717, 1.165) is 11.1 Å². The van der Waals surface area contributed by atoms with Gasteiger partial charge >= 0.3 is 5.63 Å². The molecule has 0 radical (unpaired) electrons. The van der Waals surface area contributed by atoms with Gasteiger partial charge in [-0.25, -0.2) is 4.79 Å². The van der Waals surface area contributed by atoms with Crippen molar-refractivity contribution in [3.05, 3.63) is 69.8 Å². The second kappa shape index (κ2) is 8.95. The number of aliphatic hydroxyl groups is 2. The number of rotatable bonds is 6. The molecule has 0 aliphatic carbocycles. The van der Waals surface area contributed by atoms with Crippen LogP contribution in [0, 0.1) is 6.92 Å². The van der Waals surface area contributed by atoms with Crippen molar-refractivity contribution in [2.24, 2.45) is 0 Å². The Morgan fingerprint density at radius 2 is 1.90 bits per heavy atom. The lowest BCUT2D eigenvalue weighted by atomic mass is 9.86. The average molecular weight is 402 g/mol. The highest BCUT2D eigenvalue weighted by atomic mass is 16.6. The first-order valence-corrected chi connectivity index (χ1v) is 9.49. The Morgan fingerprint density at radius 1 is 1.24 bits per heavy atom. The summed E-state index contributed by atoms with van der Waals surface area (Å²) in [4.78, 5) is 11.5. The van der Waals surface area contributed by atoms with Crippen molar-refractivity contribution in [2.75, 3.05) is 7.11 Å². The summed E-state index contributed by atoms with van der Waals surface area (Å²) < 4.78 is 16.1. The molecule has 1 aromatic heterocycles. The molecule has 0 bridgehead atoms. The number of allylic oxidation sites excluding steroid dienone is 6. The van der Waals surface area contributed by atoms with Crippen molar-refractivity contribution in [3.63, 3.8) is 0 Å². The van der Waals surface area contributed by atoms with Gasteiger partial charge < -0.3 is 24.1 Å². The van der Waals surface area contributed by atoms with Crippen LogP contribution in [0.3, 0.4) is 0 Å². The van der Waals surface area contributed by atoms with E-state index in [9.17, 15) is 15.0 Å². The maximum absolute atomic E-state index is 11.5. The van der Waals surface area contributed by atoms with Crippen LogP contribution in [0.4, 0.5) is 0 Å². The molecule has 1 aliphatic rings. The summed E-state index contributed by atoms with van der Waals surface area (Å²) in [7, 11) is 1.51. The van der Waals surface area contributed by atoms with Gasteiger partial charge in [0.05, 0.1) is 19.3 Å². The van der Waals surface area contributed by atoms with Crippen molar-refractivity contribution in [1.29, 1.82) is 0 Å². The Morgan fingerprint density at radius 3 is 2.48 bits per heavy atom. The van der Waals surface area contributed by atoms with Gasteiger partial charge in [-0.15, -0.1) is 0 Å². The van der Waals surface area contributed by atoms with Gasteiger partial charge in [0.25, 0.3) is 0 Å². The molecule has 2 heterocycles. The minimum atomic E-state index is -1.30. The predicted molar refractivity (Wildman–Crippen MR) is 113 cm³/mol. The normalized spacial score (nSPS) is 30.8. The summed E-state index contributed by atoms with van der Waals surface area (Å²) in [6.07, 6.45) is 11.1. The zero-order valence-corrected chi connectivity index (χ0v) is 17.8. The van der Waals surface area contributed by atoms with Crippen LogP contribution in [0.25, 0.3) is 6.08 Å². The molecular weight excluding hydrogens is 372 g/mol. The fourth-order valence-electron chi connectivity index (χ4n) is 3.38. The minimum Gasteiger partial charge on any atom is -0.496 e. The highest BCUT2D eigenvalue weighted by Crippen LogP contribution is 2.39. The maximum atomic E-state index is 11.5. The van der Waals surface area contributed by atoms with E-state index in [4.69, 9.17) is 13.9 Å². The second-order valence-corrected chi connectivity index (χ2v) is 7.69. The smallest absolute Gasteiger partial charge is 0.339 e. The van der Waals surface area contributed by atoms with E-state index in [1.165, 1.54) is 13.2 Å². The molecule has 0 saturated carbocycles. The van der Waals surface area contributed by atoms with Crippen molar-refractivity contribution in [3.8, 4) is 5.75 Å². The zero-order valence-electron chi connectivity index (χ0n) is 17.8. The molecule has 0 aromatic carbocycles. The first kappa shape index (κ1) is 22.9. The number of ether oxygens (including phenoxy) is 2. The molecule has 1 fully saturated rings. The first-order chi connectivity index (χ1) is 13.5. The first-order valence-electron chi connectivity index (χ1n) is 9.49. The molecule has 0 amide bonds. The molecule has 158 valence electrons. The second-order valence-electron chi connectivity index (χ2n) is 7.69. The van der Waals surface area contributed by atoms with E-state index >= 15 is 0 Å². The van der Waals surface area contributed by atoms with E-state index in [1.807, 2.05) is 38.2 Å². The van der Waals surface area contributed by atoms with Crippen LogP contribution in [0.15, 0.2) is 57.3 Å². The molecule has 2 N–H and O–H groups in total. The van der Waals surface area contributed by atoms with Crippen molar-refractivity contribution < 1.29 is 24.1 Å². The Hall–Kier alpha value is -2.41. The number of aliphatic hydroxyl groups excluding tert-OH is 1. The third-order valence-corrected chi connectivity index (χ3v) is 5.22. The molecular formula is C23H30O6. The maximum Gasteiger partial charge on any atom is 0.339 e. The van der Waals surface area contributed by atoms with Crippen LogP contribution in [-0.4, -0.2) is 40.7 Å². The lowest BCUT2D eigenvalue weighted by Gasteiger charge is -2.28. The van der Waals surface area contributed by atoms with Crippen LogP contribution in [0.5, 0.6) is 5.75 Å². The van der Waals surface area contributed by atoms with Gasteiger partial charge in [-0.05, 0) is 46.8 Å². The van der Waals surface area contributed by atoms with Gasteiger partial charge in [-0.3, -0.25) is 0 Å². The van der Waals surface area contributed by atoms with Crippen LogP contribution >= 0.6 is 0 Å². The Labute approximate surface area is 171 Å². The monoisotopic (exact) mass is 402 g/mol. The Kier molecular flexibility index (Phi) is 7.06. The van der Waals surface area contributed by atoms with Crippen LogP contribution in [0.2, 0.25) is 0 Å². The van der Waals surface area contributed by atoms with Gasteiger partial charge in [0.2, 0.25) is 0 Å². The van der Waals surface area contributed by atoms with E-state index in [1.54, 1.807) is 39.0 Å². The van der Waals surface area contributed by atoms with Crippen molar-refractivity contribution in [2.45, 2.75) is 58.0 Å². The summed E-state index contributed by atoms with van der Waals surface area (Å²) in [5.74, 6) is 0.934. The number of hydrogen-bond acceptors (Lipinski definition) is 6. The average Bonchev–Trinajstić information content (AvgIpc) is 2.79. The Balaban J connectivity index is 2.04. The molecule has 0 spiro atoms. The van der Waals surface area contributed by atoms with E-state index in [-0.39, 0.29) is 0 Å². The topological polar surface area (TPSA) is 89.1 Å². The SMILES string of the molecule is COc1cc(=O)oc(/C=C/C=C/C=C/C(C)=C/[C@]2(C)O[C@H](C)[C@@](C)(O)[C@@H]2O)c1C. The molecule has 6 heteroatoms. The fraction of sp³-hybridized carbons (Fsp3) is 0.435. The summed E-state index contributed by atoms with van der Waals surface area (Å²) in [6, 6.07) is 1.31. The summed E-state index contributed by atoms with van der Waals surface area (Å²) in [5, 5.41) is 20.8. The molecule has 4 atom stereocenters. The summed E-state index contributed by atoms with van der Waals surface area (Å²) in [5.41, 5.74) is -1.08. The highest BCUT2D eigenvalue weighted by molar-refractivity contribution is 5.52. The number of hydrogen-bond donors (Lipinski definition) is 2. The molecule has 1 aromatic rings. The molecule has 29 heavy (non-hydrogen) atoms. The summed E-state index contributed by atoms with van der Waals surface area (Å²) >= 11 is 0. The molecule has 2 rings (SSSR count). The van der Waals surface area contributed by atoms with E-state index in [2.05, 4.69) is 0 Å². The third kappa shape index (κ3) is 5.15. The Bertz CT molecular complexity index is 902. The van der Waals surface area contributed by atoms with Crippen molar-refractivity contribution in [1.82, 2.24) is 0 Å². The minimum absolute atomic E-state index is 0.445. The fourth-order valence-corrected chi connectivity index (χ4v) is 3.38. The van der Waals surface area contributed by atoms with Gasteiger partial charge in [0, 0.05) is 5.56 Å². The molecule has 0 unspecified atom stereocenters. The predicted octanol–water partition coefficient (Wildman–Crippen LogP) is 3.32. The quantitative estimate of drug-likeness (QED) is 0.710. The highest BCUT2D eigenvalue weighted by Gasteiger charge is 2.55. The van der Waals surface area contributed by atoms with Gasteiger partial charge in [-0.1, -0.05) is 36.0 Å².